The molecule has 0 saturated carbocycles. The monoisotopic (exact) mass is 1350 g/mol. The first-order chi connectivity index (χ1) is 44.1. The van der Waals surface area contributed by atoms with Crippen LogP contribution in [0, 0.1) is 23.7 Å². The van der Waals surface area contributed by atoms with Gasteiger partial charge in [0.1, 0.15) is 19.3 Å². The Kier molecular flexibility index (Phi) is 61.3. The number of rotatable bonds is 70. The lowest BCUT2D eigenvalue weighted by Crippen LogP contribution is -2.30. The number of aliphatic hydroxyl groups is 1. The van der Waals surface area contributed by atoms with Crippen LogP contribution in [0.4, 0.5) is 0 Å². The minimum absolute atomic E-state index is 0.105. The molecule has 5 atom stereocenters. The summed E-state index contributed by atoms with van der Waals surface area (Å²) in [6, 6.07) is 0. The quantitative estimate of drug-likeness (QED) is 0.0222. The molecule has 0 aliphatic heterocycles. The van der Waals surface area contributed by atoms with E-state index in [2.05, 4.69) is 55.4 Å². The molecule has 92 heavy (non-hydrogen) atoms. The second-order valence-corrected chi connectivity index (χ2v) is 31.1. The normalized spacial score (nSPS) is 14.2. The van der Waals surface area contributed by atoms with Crippen molar-refractivity contribution >= 4 is 39.5 Å². The fourth-order valence-electron chi connectivity index (χ4n) is 11.0. The van der Waals surface area contributed by atoms with E-state index in [1.807, 2.05) is 0 Å². The first-order valence-electron chi connectivity index (χ1n) is 37.7. The average Bonchev–Trinajstić information content (AvgIpc) is 3.29. The number of esters is 4. The number of unbranched alkanes of at least 4 members (excludes halogenated alkanes) is 36. The molecule has 0 spiro atoms. The molecule has 0 bridgehead atoms. The number of aliphatic hydroxyl groups excluding tert-OH is 1. The molecule has 2 unspecified atom stereocenters. The molecule has 17 nitrogen and oxygen atoms in total. The smallest absolute Gasteiger partial charge is 0.462 e. The summed E-state index contributed by atoms with van der Waals surface area (Å²) in [5, 5.41) is 10.6. The summed E-state index contributed by atoms with van der Waals surface area (Å²) in [6.07, 6.45) is 45.9. The first-order valence-corrected chi connectivity index (χ1v) is 40.7. The largest absolute Gasteiger partial charge is 0.472 e. The Morgan fingerprint density at radius 3 is 0.674 bits per heavy atom. The summed E-state index contributed by atoms with van der Waals surface area (Å²) in [5.41, 5.74) is 0. The second-order valence-electron chi connectivity index (χ2n) is 28.2. The Balaban J connectivity index is 5.24. The molecular formula is C73H142O17P2. The Bertz CT molecular complexity index is 1820. The van der Waals surface area contributed by atoms with Crippen molar-refractivity contribution in [1.82, 2.24) is 0 Å². The van der Waals surface area contributed by atoms with E-state index in [-0.39, 0.29) is 25.7 Å². The molecular weight excluding hydrogens is 1210 g/mol. The molecule has 0 rings (SSSR count). The van der Waals surface area contributed by atoms with Gasteiger partial charge in [0.2, 0.25) is 0 Å². The van der Waals surface area contributed by atoms with Crippen LogP contribution < -0.4 is 0 Å². The van der Waals surface area contributed by atoms with E-state index in [9.17, 15) is 43.2 Å². The van der Waals surface area contributed by atoms with Crippen LogP contribution in [0.5, 0.6) is 0 Å². The van der Waals surface area contributed by atoms with Gasteiger partial charge < -0.3 is 33.8 Å². The molecule has 0 aliphatic carbocycles. The number of ether oxygens (including phenoxy) is 4. The fraction of sp³-hybridized carbons (Fsp3) is 0.945. The predicted molar refractivity (Wildman–Crippen MR) is 372 cm³/mol. The number of phosphoric acid groups is 2. The van der Waals surface area contributed by atoms with Gasteiger partial charge in [-0.25, -0.2) is 9.13 Å². The molecule has 0 radical (unpaired) electrons. The molecule has 0 amide bonds. The van der Waals surface area contributed by atoms with Crippen LogP contribution in [0.25, 0.3) is 0 Å². The van der Waals surface area contributed by atoms with Crippen LogP contribution >= 0.6 is 15.6 Å². The van der Waals surface area contributed by atoms with E-state index < -0.39 is 97.5 Å². The average molecular weight is 1350 g/mol. The summed E-state index contributed by atoms with van der Waals surface area (Å²) in [4.78, 5) is 72.7. The Labute approximate surface area is 562 Å². The van der Waals surface area contributed by atoms with E-state index in [1.165, 1.54) is 161 Å². The van der Waals surface area contributed by atoms with Gasteiger partial charge in [0.15, 0.2) is 12.2 Å². The first kappa shape index (κ1) is 90.1. The van der Waals surface area contributed by atoms with Crippen molar-refractivity contribution in [2.24, 2.45) is 23.7 Å². The Morgan fingerprint density at radius 2 is 0.457 bits per heavy atom. The van der Waals surface area contributed by atoms with E-state index in [0.29, 0.717) is 31.6 Å². The maximum Gasteiger partial charge on any atom is 0.472 e. The van der Waals surface area contributed by atoms with Gasteiger partial charge in [-0.2, -0.15) is 0 Å². The highest BCUT2D eigenvalue weighted by atomic mass is 31.2. The highest BCUT2D eigenvalue weighted by molar-refractivity contribution is 7.47. The summed E-state index contributed by atoms with van der Waals surface area (Å²) in [7, 11) is -9.91. The summed E-state index contributed by atoms with van der Waals surface area (Å²) < 4.78 is 68.4. The van der Waals surface area contributed by atoms with E-state index >= 15 is 0 Å². The van der Waals surface area contributed by atoms with Crippen LogP contribution in [-0.2, 0) is 65.4 Å². The predicted octanol–water partition coefficient (Wildman–Crippen LogP) is 20.9. The lowest BCUT2D eigenvalue weighted by molar-refractivity contribution is -0.161. The lowest BCUT2D eigenvalue weighted by atomic mass is 10.0. The molecule has 19 heteroatoms. The van der Waals surface area contributed by atoms with E-state index in [1.54, 1.807) is 0 Å². The molecule has 0 aromatic heterocycles. The third-order valence-electron chi connectivity index (χ3n) is 16.8. The maximum absolute atomic E-state index is 13.0. The third-order valence-corrected chi connectivity index (χ3v) is 18.7. The number of hydrogen-bond donors (Lipinski definition) is 3. The van der Waals surface area contributed by atoms with Crippen molar-refractivity contribution < 1.29 is 80.2 Å². The zero-order valence-electron chi connectivity index (χ0n) is 60.2. The zero-order valence-corrected chi connectivity index (χ0v) is 62.0. The van der Waals surface area contributed by atoms with Gasteiger partial charge in [-0.1, -0.05) is 312 Å². The SMILES string of the molecule is CC(C)CCCCCCCCCCCCCCCC(=O)OC[C@H](COP(=O)(O)OC[C@@H](O)COP(=O)(O)OC[C@@H](COC(=O)CCCCCCCCC(C)C)OC(=O)CCCCCCCCCCCCCC(C)C)OC(=O)CCCCCCCCCCCCC(C)C. The standard InChI is InChI=1S/C73H142O17P2/c1-63(2)49-41-33-25-19-13-10-9-11-15-22-28-37-45-53-70(75)83-59-68(89-73(78)56-48-40-30-24-18-17-21-27-35-43-51-65(5)6)61-87-91(79,80)85-57-67(74)58-86-92(81,82)88-62-69(60-84-71(76)54-46-38-32-31-36-44-52-66(7)8)90-72(77)55-47-39-29-23-16-12-14-20-26-34-42-50-64(3)4/h63-69,74H,9-62H2,1-8H3,(H,79,80)(H,81,82)/t67-,68-,69-/m1/s1. The highest BCUT2D eigenvalue weighted by Crippen LogP contribution is 2.45. The van der Waals surface area contributed by atoms with E-state index in [0.717, 1.165) is 114 Å². The van der Waals surface area contributed by atoms with Gasteiger partial charge >= 0.3 is 39.5 Å². The van der Waals surface area contributed by atoms with Crippen LogP contribution in [0.3, 0.4) is 0 Å². The van der Waals surface area contributed by atoms with Gasteiger partial charge in [-0.15, -0.1) is 0 Å². The molecule has 0 aliphatic rings. The van der Waals surface area contributed by atoms with Crippen LogP contribution in [0.1, 0.15) is 364 Å². The molecule has 0 saturated heterocycles. The van der Waals surface area contributed by atoms with Gasteiger partial charge in [0.05, 0.1) is 26.4 Å². The van der Waals surface area contributed by atoms with Crippen molar-refractivity contribution in [2.45, 2.75) is 382 Å². The topological polar surface area (TPSA) is 237 Å². The molecule has 0 fully saturated rings. The Hall–Kier alpha value is -1.94. The van der Waals surface area contributed by atoms with Crippen molar-refractivity contribution in [1.29, 1.82) is 0 Å². The van der Waals surface area contributed by atoms with Crippen LogP contribution in [-0.4, -0.2) is 96.7 Å². The number of carbonyl (C=O) groups excluding carboxylic acids is 4. The minimum atomic E-state index is -4.95. The number of carbonyl (C=O) groups is 4. The molecule has 0 aromatic rings. The summed E-state index contributed by atoms with van der Waals surface area (Å²) in [6.45, 7) is 14.1. The van der Waals surface area contributed by atoms with Gasteiger partial charge in [0, 0.05) is 25.7 Å². The minimum Gasteiger partial charge on any atom is -0.462 e. The molecule has 0 heterocycles. The van der Waals surface area contributed by atoms with Crippen molar-refractivity contribution in [3.63, 3.8) is 0 Å². The van der Waals surface area contributed by atoms with Gasteiger partial charge in [0.25, 0.3) is 0 Å². The van der Waals surface area contributed by atoms with Crippen molar-refractivity contribution in [3.05, 3.63) is 0 Å². The van der Waals surface area contributed by atoms with Crippen molar-refractivity contribution in [2.75, 3.05) is 39.6 Å². The lowest BCUT2D eigenvalue weighted by Gasteiger charge is -2.21. The second kappa shape index (κ2) is 62.6. The van der Waals surface area contributed by atoms with Gasteiger partial charge in [-0.05, 0) is 49.4 Å². The molecule has 0 aromatic carbocycles. The highest BCUT2D eigenvalue weighted by Gasteiger charge is 2.30. The summed E-state index contributed by atoms with van der Waals surface area (Å²) >= 11 is 0. The molecule has 3 N–H and O–H groups in total. The van der Waals surface area contributed by atoms with Crippen LogP contribution in [0.15, 0.2) is 0 Å². The zero-order chi connectivity index (χ0) is 68.2. The Morgan fingerprint density at radius 1 is 0.272 bits per heavy atom. The van der Waals surface area contributed by atoms with E-state index in [4.69, 9.17) is 37.0 Å². The fourth-order valence-corrected chi connectivity index (χ4v) is 12.6. The summed E-state index contributed by atoms with van der Waals surface area (Å²) in [5.74, 6) is 0.861. The van der Waals surface area contributed by atoms with Crippen molar-refractivity contribution in [3.8, 4) is 0 Å². The maximum atomic E-state index is 13.0. The van der Waals surface area contributed by atoms with Gasteiger partial charge in [-0.3, -0.25) is 37.3 Å². The number of hydrogen-bond acceptors (Lipinski definition) is 15. The van der Waals surface area contributed by atoms with Crippen LogP contribution in [0.2, 0.25) is 0 Å². The molecule has 546 valence electrons. The third kappa shape index (κ3) is 66.7. The number of phosphoric ester groups is 2.